The average Bonchev–Trinajstić information content (AvgIpc) is 3.12. The number of aromatic nitrogens is 2. The molecule has 5 rings (SSSR count). The van der Waals surface area contributed by atoms with E-state index in [9.17, 15) is 0 Å². The zero-order chi connectivity index (χ0) is 19.0. The summed E-state index contributed by atoms with van der Waals surface area (Å²) in [6, 6.07) is 18.3. The summed E-state index contributed by atoms with van der Waals surface area (Å²) in [6.07, 6.45) is 3.00. The Morgan fingerprint density at radius 3 is 2.86 bits per heavy atom. The molecule has 0 aliphatic carbocycles. The van der Waals surface area contributed by atoms with E-state index in [1.54, 1.807) is 0 Å². The summed E-state index contributed by atoms with van der Waals surface area (Å²) in [5, 5.41) is 0.790. The minimum Gasteiger partial charge on any atom is -0.376 e. The van der Waals surface area contributed by atoms with Gasteiger partial charge in [0.2, 0.25) is 0 Å². The van der Waals surface area contributed by atoms with E-state index in [-0.39, 0.29) is 5.41 Å². The van der Waals surface area contributed by atoms with Crippen molar-refractivity contribution < 1.29 is 4.74 Å². The van der Waals surface area contributed by atoms with Crippen molar-refractivity contribution in [3.05, 3.63) is 82.6 Å². The first-order valence-electron chi connectivity index (χ1n) is 9.68. The monoisotopic (exact) mass is 391 g/mol. The van der Waals surface area contributed by atoms with Crippen LogP contribution in [0.15, 0.2) is 60.8 Å². The number of hydrogen-bond acceptors (Lipinski definition) is 4. The number of rotatable bonds is 3. The first-order valence-corrected chi connectivity index (χ1v) is 10.1. The molecule has 1 atom stereocenters. The first kappa shape index (κ1) is 17.8. The van der Waals surface area contributed by atoms with Crippen LogP contribution < -0.4 is 0 Å². The molecule has 0 radical (unpaired) electrons. The summed E-state index contributed by atoms with van der Waals surface area (Å²) in [5.41, 5.74) is 4.53. The SMILES string of the molecule is Clc1cccc(CN2CC[C@]3(COCc4cnc(-c5ccccc5)nc43)C2)c1. The second kappa shape index (κ2) is 7.28. The Bertz CT molecular complexity index is 994. The van der Waals surface area contributed by atoms with Crippen molar-refractivity contribution in [1.29, 1.82) is 0 Å². The molecule has 3 aromatic rings. The van der Waals surface area contributed by atoms with Crippen molar-refractivity contribution in [2.45, 2.75) is 25.0 Å². The van der Waals surface area contributed by atoms with E-state index in [2.05, 4.69) is 28.1 Å². The van der Waals surface area contributed by atoms with Gasteiger partial charge in [0, 0.05) is 35.4 Å². The molecule has 142 valence electrons. The quantitative estimate of drug-likeness (QED) is 0.660. The van der Waals surface area contributed by atoms with Gasteiger partial charge in [-0.2, -0.15) is 0 Å². The molecule has 1 fully saturated rings. The van der Waals surface area contributed by atoms with Gasteiger partial charge in [0.1, 0.15) is 0 Å². The summed E-state index contributed by atoms with van der Waals surface area (Å²) >= 11 is 6.16. The van der Waals surface area contributed by atoms with Gasteiger partial charge in [0.25, 0.3) is 0 Å². The van der Waals surface area contributed by atoms with Crippen molar-refractivity contribution in [3.63, 3.8) is 0 Å². The standard InChI is InChI=1S/C23H22ClN3O/c24-20-8-4-5-17(11-20)13-27-10-9-23(15-27)16-28-14-19-12-25-22(26-21(19)23)18-6-2-1-3-7-18/h1-8,11-12H,9-10,13-16H2/t23-/m1/s1. The predicted octanol–water partition coefficient (Wildman–Crippen LogP) is 4.47. The molecule has 5 heteroatoms. The second-order valence-corrected chi connectivity index (χ2v) is 8.23. The summed E-state index contributed by atoms with van der Waals surface area (Å²) < 4.78 is 5.97. The summed E-state index contributed by atoms with van der Waals surface area (Å²) in [5.74, 6) is 0.800. The third kappa shape index (κ3) is 3.32. The van der Waals surface area contributed by atoms with Gasteiger partial charge in [-0.1, -0.05) is 54.1 Å². The zero-order valence-electron chi connectivity index (χ0n) is 15.6. The molecule has 1 aromatic heterocycles. The van der Waals surface area contributed by atoms with Gasteiger partial charge in [-0.25, -0.2) is 9.97 Å². The molecule has 1 spiro atoms. The second-order valence-electron chi connectivity index (χ2n) is 7.80. The largest absolute Gasteiger partial charge is 0.376 e. The minimum atomic E-state index is -0.0569. The van der Waals surface area contributed by atoms with Crippen LogP contribution in [0.25, 0.3) is 11.4 Å². The van der Waals surface area contributed by atoms with Crippen LogP contribution in [0, 0.1) is 0 Å². The van der Waals surface area contributed by atoms with Crippen LogP contribution in [0.2, 0.25) is 5.02 Å². The van der Waals surface area contributed by atoms with Gasteiger partial charge >= 0.3 is 0 Å². The molecular formula is C23H22ClN3O. The Hall–Kier alpha value is -2.27. The molecule has 0 N–H and O–H groups in total. The number of benzene rings is 2. The predicted molar refractivity (Wildman–Crippen MR) is 110 cm³/mol. The van der Waals surface area contributed by atoms with Gasteiger partial charge in [-0.15, -0.1) is 0 Å². The van der Waals surface area contributed by atoms with Gasteiger partial charge in [0.05, 0.1) is 24.3 Å². The van der Waals surface area contributed by atoms with E-state index < -0.39 is 0 Å². The molecule has 0 unspecified atom stereocenters. The number of likely N-dealkylation sites (tertiary alicyclic amines) is 1. The maximum Gasteiger partial charge on any atom is 0.159 e. The number of fused-ring (bicyclic) bond motifs is 2. The molecule has 2 aliphatic heterocycles. The molecule has 4 nitrogen and oxygen atoms in total. The highest BCUT2D eigenvalue weighted by Gasteiger charge is 2.44. The average molecular weight is 392 g/mol. The molecule has 1 saturated heterocycles. The molecule has 28 heavy (non-hydrogen) atoms. The van der Waals surface area contributed by atoms with Crippen LogP contribution in [-0.2, 0) is 23.3 Å². The topological polar surface area (TPSA) is 38.2 Å². The van der Waals surface area contributed by atoms with Gasteiger partial charge in [0.15, 0.2) is 5.82 Å². The highest BCUT2D eigenvalue weighted by molar-refractivity contribution is 6.30. The van der Waals surface area contributed by atoms with E-state index in [4.69, 9.17) is 21.3 Å². The van der Waals surface area contributed by atoms with Crippen molar-refractivity contribution in [2.75, 3.05) is 19.7 Å². The van der Waals surface area contributed by atoms with E-state index in [1.165, 1.54) is 11.3 Å². The molecular weight excluding hydrogens is 370 g/mol. The van der Waals surface area contributed by atoms with Gasteiger partial charge in [-0.05, 0) is 30.7 Å². The van der Waals surface area contributed by atoms with E-state index in [0.717, 1.165) is 54.6 Å². The maximum absolute atomic E-state index is 6.16. The van der Waals surface area contributed by atoms with Crippen molar-refractivity contribution in [3.8, 4) is 11.4 Å². The van der Waals surface area contributed by atoms with Crippen molar-refractivity contribution >= 4 is 11.6 Å². The van der Waals surface area contributed by atoms with E-state index in [0.29, 0.717) is 6.61 Å². The van der Waals surface area contributed by atoms with Crippen LogP contribution in [0.3, 0.4) is 0 Å². The number of halogens is 1. The Balaban J connectivity index is 1.44. The molecule has 2 aromatic carbocycles. The minimum absolute atomic E-state index is 0.0569. The first-order chi connectivity index (χ1) is 13.7. The third-order valence-corrected chi connectivity index (χ3v) is 6.00. The van der Waals surface area contributed by atoms with Crippen LogP contribution >= 0.6 is 11.6 Å². The Morgan fingerprint density at radius 2 is 2.00 bits per heavy atom. The molecule has 2 aliphatic rings. The number of hydrogen-bond donors (Lipinski definition) is 0. The maximum atomic E-state index is 6.16. The van der Waals surface area contributed by atoms with Crippen molar-refractivity contribution in [2.24, 2.45) is 0 Å². The lowest BCUT2D eigenvalue weighted by Crippen LogP contribution is -2.40. The summed E-state index contributed by atoms with van der Waals surface area (Å²) in [6.45, 7) is 4.18. The fraction of sp³-hybridized carbons (Fsp3) is 0.304. The normalized spacial score (nSPS) is 21.8. The van der Waals surface area contributed by atoms with Crippen LogP contribution in [0.4, 0.5) is 0 Å². The highest BCUT2D eigenvalue weighted by atomic mass is 35.5. The Morgan fingerprint density at radius 1 is 1.11 bits per heavy atom. The van der Waals surface area contributed by atoms with Crippen LogP contribution in [0.1, 0.15) is 23.2 Å². The lowest BCUT2D eigenvalue weighted by atomic mass is 9.80. The summed E-state index contributed by atoms with van der Waals surface area (Å²) in [4.78, 5) is 12.1. The molecule has 3 heterocycles. The fourth-order valence-electron chi connectivity index (χ4n) is 4.42. The smallest absolute Gasteiger partial charge is 0.159 e. The third-order valence-electron chi connectivity index (χ3n) is 5.76. The Kier molecular flexibility index (Phi) is 4.63. The lowest BCUT2D eigenvalue weighted by molar-refractivity contribution is 0.0503. The highest BCUT2D eigenvalue weighted by Crippen LogP contribution is 2.40. The van der Waals surface area contributed by atoms with Gasteiger partial charge < -0.3 is 4.74 Å². The van der Waals surface area contributed by atoms with Gasteiger partial charge in [-0.3, -0.25) is 4.90 Å². The van der Waals surface area contributed by atoms with E-state index >= 15 is 0 Å². The molecule has 0 bridgehead atoms. The van der Waals surface area contributed by atoms with E-state index in [1.807, 2.05) is 42.6 Å². The molecule has 0 saturated carbocycles. The Labute approximate surface area is 170 Å². The summed E-state index contributed by atoms with van der Waals surface area (Å²) in [7, 11) is 0. The molecule has 0 amide bonds. The number of ether oxygens (including phenoxy) is 1. The zero-order valence-corrected chi connectivity index (χ0v) is 16.4. The van der Waals surface area contributed by atoms with Crippen molar-refractivity contribution in [1.82, 2.24) is 14.9 Å². The van der Waals surface area contributed by atoms with Crippen LogP contribution in [-0.4, -0.2) is 34.6 Å². The van der Waals surface area contributed by atoms with Crippen LogP contribution in [0.5, 0.6) is 0 Å². The fourth-order valence-corrected chi connectivity index (χ4v) is 4.63. The lowest BCUT2D eigenvalue weighted by Gasteiger charge is -2.34. The number of nitrogens with zero attached hydrogens (tertiary/aromatic N) is 3.